The minimum Gasteiger partial charge on any atom is -0.476 e. The fourth-order valence-corrected chi connectivity index (χ4v) is 2.45. The van der Waals surface area contributed by atoms with Gasteiger partial charge < -0.3 is 20.7 Å². The molecule has 1 heterocycles. The number of nitrogens with one attached hydrogen (secondary N) is 1. The van der Waals surface area contributed by atoms with Crippen molar-refractivity contribution >= 4 is 11.9 Å². The Bertz CT molecular complexity index is 488. The molecule has 0 saturated heterocycles. The number of nitrogens with zero attached hydrogens (tertiary/aromatic N) is 2. The molecular weight excluding hydrogens is 260 g/mol. The van der Waals surface area contributed by atoms with Crippen molar-refractivity contribution in [3.05, 3.63) is 18.2 Å². The molecule has 20 heavy (non-hydrogen) atoms. The second-order valence-corrected chi connectivity index (χ2v) is 5.39. The minimum atomic E-state index is -1.05. The second-order valence-electron chi connectivity index (χ2n) is 5.39. The highest BCUT2D eigenvalue weighted by Crippen LogP contribution is 2.42. The van der Waals surface area contributed by atoms with Gasteiger partial charge in [-0.15, -0.1) is 0 Å². The summed E-state index contributed by atoms with van der Waals surface area (Å²) in [6, 6.07) is 0. The minimum absolute atomic E-state index is 0.00730. The Balaban J connectivity index is 1.72. The highest BCUT2D eigenvalue weighted by atomic mass is 16.4. The van der Waals surface area contributed by atoms with Crippen molar-refractivity contribution in [1.82, 2.24) is 14.9 Å². The van der Waals surface area contributed by atoms with E-state index in [0.717, 1.165) is 19.3 Å². The molecule has 7 heteroatoms. The van der Waals surface area contributed by atoms with Crippen molar-refractivity contribution in [1.29, 1.82) is 0 Å². The largest absolute Gasteiger partial charge is 0.476 e. The molecule has 1 aromatic rings. The molecule has 0 radical (unpaired) electrons. The van der Waals surface area contributed by atoms with E-state index in [0.29, 0.717) is 26.1 Å². The summed E-state index contributed by atoms with van der Waals surface area (Å²) in [4.78, 5) is 26.2. The predicted molar refractivity (Wildman–Crippen MR) is 72.2 cm³/mol. The lowest BCUT2D eigenvalue weighted by Crippen LogP contribution is -2.42. The molecule has 1 saturated carbocycles. The fraction of sp³-hybridized carbons (Fsp3) is 0.615. The third-order valence-corrected chi connectivity index (χ3v) is 3.93. The van der Waals surface area contributed by atoms with Crippen LogP contribution in [0.5, 0.6) is 0 Å². The highest BCUT2D eigenvalue weighted by molar-refractivity contribution is 5.84. The van der Waals surface area contributed by atoms with Crippen LogP contribution < -0.4 is 11.1 Å². The molecule has 4 N–H and O–H groups in total. The average molecular weight is 280 g/mol. The number of hydrogen-bond donors (Lipinski definition) is 3. The third-order valence-electron chi connectivity index (χ3n) is 3.93. The van der Waals surface area contributed by atoms with Gasteiger partial charge in [-0.25, -0.2) is 9.78 Å². The van der Waals surface area contributed by atoms with Crippen LogP contribution in [0.3, 0.4) is 0 Å². The smallest absolute Gasteiger partial charge is 0.356 e. The van der Waals surface area contributed by atoms with Gasteiger partial charge in [0.15, 0.2) is 5.69 Å². The molecule has 0 aromatic carbocycles. The molecule has 0 aliphatic heterocycles. The first-order valence-corrected chi connectivity index (χ1v) is 6.76. The Morgan fingerprint density at radius 2 is 2.25 bits per heavy atom. The number of amides is 1. The summed E-state index contributed by atoms with van der Waals surface area (Å²) < 4.78 is 1.64. The number of carbonyl (C=O) groups excluding carboxylic acids is 1. The lowest BCUT2D eigenvalue weighted by molar-refractivity contribution is -0.124. The van der Waals surface area contributed by atoms with E-state index in [2.05, 4.69) is 10.3 Å². The Morgan fingerprint density at radius 1 is 1.50 bits per heavy atom. The Morgan fingerprint density at radius 3 is 2.75 bits per heavy atom. The van der Waals surface area contributed by atoms with Crippen LogP contribution in [0, 0.1) is 5.41 Å². The Hall–Kier alpha value is -1.89. The molecule has 1 fully saturated rings. The number of carboxylic acid groups (broad SMARTS) is 1. The van der Waals surface area contributed by atoms with Gasteiger partial charge in [0.25, 0.3) is 0 Å². The molecule has 7 nitrogen and oxygen atoms in total. The topological polar surface area (TPSA) is 110 Å². The van der Waals surface area contributed by atoms with Crippen molar-refractivity contribution in [2.24, 2.45) is 11.1 Å². The van der Waals surface area contributed by atoms with Gasteiger partial charge in [0.05, 0.1) is 6.33 Å². The Labute approximate surface area is 117 Å². The van der Waals surface area contributed by atoms with E-state index in [1.54, 1.807) is 4.57 Å². The average Bonchev–Trinajstić information content (AvgIpc) is 2.83. The van der Waals surface area contributed by atoms with E-state index < -0.39 is 5.97 Å². The number of carbonyl (C=O) groups is 2. The maximum absolute atomic E-state index is 11.8. The molecule has 1 amide bonds. The lowest BCUT2D eigenvalue weighted by atomic mass is 9.66. The number of rotatable bonds is 7. The summed E-state index contributed by atoms with van der Waals surface area (Å²) in [6.45, 7) is 1.51. The monoisotopic (exact) mass is 280 g/mol. The summed E-state index contributed by atoms with van der Waals surface area (Å²) in [6.07, 6.45) is 6.58. The van der Waals surface area contributed by atoms with Gasteiger partial charge in [-0.2, -0.15) is 0 Å². The number of imidazole rings is 1. The van der Waals surface area contributed by atoms with Gasteiger partial charge >= 0.3 is 5.97 Å². The van der Waals surface area contributed by atoms with Crippen LogP contribution in [-0.4, -0.2) is 39.6 Å². The van der Waals surface area contributed by atoms with E-state index in [-0.39, 0.29) is 17.0 Å². The summed E-state index contributed by atoms with van der Waals surface area (Å²) in [5, 5.41) is 11.6. The van der Waals surface area contributed by atoms with Crippen LogP contribution in [0.4, 0.5) is 0 Å². The molecule has 110 valence electrons. The van der Waals surface area contributed by atoms with Crippen LogP contribution in [-0.2, 0) is 11.3 Å². The summed E-state index contributed by atoms with van der Waals surface area (Å²) in [5.74, 6) is -1.05. The standard InChI is InChI=1S/C13H20N4O3/c14-8-13(2-1-3-13)6-11(18)15-4-5-17-7-10(12(19)20)16-9-17/h7,9H,1-6,8,14H2,(H,15,18)(H,19,20). The summed E-state index contributed by atoms with van der Waals surface area (Å²) in [7, 11) is 0. The van der Waals surface area contributed by atoms with Gasteiger partial charge in [0.2, 0.25) is 5.91 Å². The maximum atomic E-state index is 11.8. The third kappa shape index (κ3) is 3.36. The highest BCUT2D eigenvalue weighted by Gasteiger charge is 2.37. The van der Waals surface area contributed by atoms with Crippen molar-refractivity contribution in [2.45, 2.75) is 32.2 Å². The number of aromatic nitrogens is 2. The molecular formula is C13H20N4O3. The molecule has 0 bridgehead atoms. The fourth-order valence-electron chi connectivity index (χ4n) is 2.45. The molecule has 0 spiro atoms. The molecule has 1 aliphatic rings. The number of hydrogen-bond acceptors (Lipinski definition) is 4. The van der Waals surface area contributed by atoms with E-state index in [1.165, 1.54) is 12.5 Å². The first-order valence-electron chi connectivity index (χ1n) is 6.76. The summed E-state index contributed by atoms with van der Waals surface area (Å²) >= 11 is 0. The summed E-state index contributed by atoms with van der Waals surface area (Å²) in [5.41, 5.74) is 5.74. The van der Waals surface area contributed by atoms with Gasteiger partial charge in [-0.05, 0) is 24.8 Å². The van der Waals surface area contributed by atoms with E-state index in [1.807, 2.05) is 0 Å². The van der Waals surface area contributed by atoms with Crippen LogP contribution in [0.1, 0.15) is 36.2 Å². The molecule has 0 unspecified atom stereocenters. The van der Waals surface area contributed by atoms with Gasteiger partial charge in [0.1, 0.15) is 0 Å². The predicted octanol–water partition coefficient (Wildman–Crippen LogP) is 0.217. The number of carboxylic acids is 1. The maximum Gasteiger partial charge on any atom is 0.356 e. The molecule has 2 rings (SSSR count). The number of aromatic carboxylic acids is 1. The SMILES string of the molecule is NCC1(CC(=O)NCCn2cnc(C(=O)O)c2)CCC1. The van der Waals surface area contributed by atoms with Crippen molar-refractivity contribution < 1.29 is 14.7 Å². The molecule has 1 aliphatic carbocycles. The van der Waals surface area contributed by atoms with Gasteiger partial charge in [0, 0.05) is 25.7 Å². The van der Waals surface area contributed by atoms with Crippen LogP contribution in [0.2, 0.25) is 0 Å². The molecule has 0 atom stereocenters. The molecule has 1 aromatic heterocycles. The normalized spacial score (nSPS) is 16.4. The van der Waals surface area contributed by atoms with Crippen molar-refractivity contribution in [3.63, 3.8) is 0 Å². The van der Waals surface area contributed by atoms with Crippen molar-refractivity contribution in [3.8, 4) is 0 Å². The second kappa shape index (κ2) is 6.04. The van der Waals surface area contributed by atoms with Crippen molar-refractivity contribution in [2.75, 3.05) is 13.1 Å². The van der Waals surface area contributed by atoms with E-state index in [4.69, 9.17) is 10.8 Å². The lowest BCUT2D eigenvalue weighted by Gasteiger charge is -2.40. The zero-order valence-corrected chi connectivity index (χ0v) is 11.3. The Kier molecular flexibility index (Phi) is 4.39. The van der Waals surface area contributed by atoms with Gasteiger partial charge in [-0.3, -0.25) is 4.79 Å². The van der Waals surface area contributed by atoms with E-state index >= 15 is 0 Å². The first kappa shape index (κ1) is 14.5. The van der Waals surface area contributed by atoms with Gasteiger partial charge in [-0.1, -0.05) is 6.42 Å². The van der Waals surface area contributed by atoms with Crippen LogP contribution >= 0.6 is 0 Å². The zero-order chi connectivity index (χ0) is 14.6. The van der Waals surface area contributed by atoms with E-state index in [9.17, 15) is 9.59 Å². The van der Waals surface area contributed by atoms with Crippen LogP contribution in [0.25, 0.3) is 0 Å². The zero-order valence-electron chi connectivity index (χ0n) is 11.3. The quantitative estimate of drug-likeness (QED) is 0.661. The first-order chi connectivity index (χ1) is 9.54. The van der Waals surface area contributed by atoms with Crippen LogP contribution in [0.15, 0.2) is 12.5 Å². The number of nitrogens with two attached hydrogens (primary N) is 1.